The van der Waals surface area contributed by atoms with Crippen molar-refractivity contribution in [3.63, 3.8) is 0 Å². The van der Waals surface area contributed by atoms with E-state index in [0.717, 1.165) is 23.3 Å². The fraction of sp³-hybridized carbons (Fsp3) is 0.679. The van der Waals surface area contributed by atoms with Crippen LogP contribution in [0.5, 0.6) is 0 Å². The SMILES string of the molecule is CC1CCC(C(=O)N([C@H](C(=O)N2CCCC2)[C@@H](C)OCc2ccccc2)C(C)(C)C)(C(C)O)N1C(=O)O. The van der Waals surface area contributed by atoms with Gasteiger partial charge in [0.15, 0.2) is 5.54 Å². The molecule has 3 amide bonds. The number of carbonyl (C=O) groups is 3. The highest BCUT2D eigenvalue weighted by atomic mass is 16.5. The zero-order valence-electron chi connectivity index (χ0n) is 23.0. The van der Waals surface area contributed by atoms with Gasteiger partial charge in [-0.3, -0.25) is 14.5 Å². The maximum Gasteiger partial charge on any atom is 0.408 e. The minimum absolute atomic E-state index is 0.174. The first-order valence-corrected chi connectivity index (χ1v) is 13.3. The zero-order valence-corrected chi connectivity index (χ0v) is 23.0. The summed E-state index contributed by atoms with van der Waals surface area (Å²) < 4.78 is 6.21. The minimum atomic E-state index is -1.69. The summed E-state index contributed by atoms with van der Waals surface area (Å²) in [6.07, 6.45) is -0.816. The molecule has 2 fully saturated rings. The molecular weight excluding hydrogens is 474 g/mol. The zero-order chi connectivity index (χ0) is 27.5. The molecule has 3 rings (SSSR count). The standard InChI is InChI=1S/C28H43N3O6/c1-19-14-15-28(21(3)32,30(19)26(35)36)25(34)31(27(4,5)6)23(24(33)29-16-10-11-17-29)20(2)37-18-22-12-8-7-9-13-22/h7-9,12-13,19-21,23,32H,10-11,14-18H2,1-6H3,(H,35,36)/t19?,20-,21?,23+,28?/m1/s1. The Balaban J connectivity index is 2.07. The summed E-state index contributed by atoms with van der Waals surface area (Å²) in [5.41, 5.74) is -1.61. The molecule has 2 heterocycles. The Morgan fingerprint density at radius 3 is 2.24 bits per heavy atom. The van der Waals surface area contributed by atoms with E-state index in [0.29, 0.717) is 19.5 Å². The van der Waals surface area contributed by atoms with E-state index in [1.54, 1.807) is 18.7 Å². The van der Waals surface area contributed by atoms with Gasteiger partial charge >= 0.3 is 6.09 Å². The van der Waals surface area contributed by atoms with Gasteiger partial charge in [-0.05, 0) is 72.8 Å². The van der Waals surface area contributed by atoms with Gasteiger partial charge in [0.25, 0.3) is 5.91 Å². The average molecular weight is 518 g/mol. The van der Waals surface area contributed by atoms with Crippen LogP contribution in [-0.4, -0.2) is 91.3 Å². The van der Waals surface area contributed by atoms with Gasteiger partial charge in [-0.2, -0.15) is 0 Å². The molecule has 2 saturated heterocycles. The molecule has 0 spiro atoms. The Kier molecular flexibility index (Phi) is 8.90. The van der Waals surface area contributed by atoms with Crippen LogP contribution in [0.4, 0.5) is 4.79 Å². The van der Waals surface area contributed by atoms with Gasteiger partial charge in [0.2, 0.25) is 5.91 Å². The van der Waals surface area contributed by atoms with Gasteiger partial charge in [0, 0.05) is 24.7 Å². The Morgan fingerprint density at radius 1 is 1.14 bits per heavy atom. The molecule has 3 unspecified atom stereocenters. The number of aliphatic hydroxyl groups excluding tert-OH is 1. The summed E-state index contributed by atoms with van der Waals surface area (Å²) in [5.74, 6) is -0.774. The number of likely N-dealkylation sites (tertiary alicyclic amines) is 2. The van der Waals surface area contributed by atoms with Crippen LogP contribution >= 0.6 is 0 Å². The lowest BCUT2D eigenvalue weighted by molar-refractivity contribution is -0.170. The first-order valence-electron chi connectivity index (χ1n) is 13.3. The van der Waals surface area contributed by atoms with Crippen LogP contribution in [0, 0.1) is 0 Å². The highest BCUT2D eigenvalue weighted by molar-refractivity contribution is 5.96. The number of amides is 3. The van der Waals surface area contributed by atoms with Crippen LogP contribution in [0.1, 0.15) is 72.8 Å². The van der Waals surface area contributed by atoms with Crippen LogP contribution in [0.25, 0.3) is 0 Å². The molecule has 1 aromatic rings. The lowest BCUT2D eigenvalue weighted by Gasteiger charge is -2.50. The van der Waals surface area contributed by atoms with E-state index in [9.17, 15) is 24.6 Å². The number of carboxylic acid groups (broad SMARTS) is 1. The van der Waals surface area contributed by atoms with Crippen molar-refractivity contribution in [1.29, 1.82) is 0 Å². The molecule has 0 radical (unpaired) electrons. The van der Waals surface area contributed by atoms with E-state index < -0.39 is 47.4 Å². The molecule has 37 heavy (non-hydrogen) atoms. The number of benzene rings is 1. The van der Waals surface area contributed by atoms with Gasteiger partial charge in [-0.1, -0.05) is 30.3 Å². The molecule has 2 aliphatic heterocycles. The van der Waals surface area contributed by atoms with Crippen LogP contribution in [-0.2, 0) is 20.9 Å². The summed E-state index contributed by atoms with van der Waals surface area (Å²) in [6, 6.07) is 8.17. The minimum Gasteiger partial charge on any atom is -0.465 e. The fourth-order valence-electron chi connectivity index (χ4n) is 5.83. The number of hydrogen-bond acceptors (Lipinski definition) is 5. The Bertz CT molecular complexity index is 956. The van der Waals surface area contributed by atoms with Gasteiger partial charge < -0.3 is 24.7 Å². The van der Waals surface area contributed by atoms with E-state index in [4.69, 9.17) is 4.74 Å². The maximum absolute atomic E-state index is 14.6. The van der Waals surface area contributed by atoms with E-state index in [2.05, 4.69) is 0 Å². The molecule has 2 N–H and O–H groups in total. The highest BCUT2D eigenvalue weighted by Gasteiger charge is 2.60. The molecule has 9 heteroatoms. The fourth-order valence-corrected chi connectivity index (χ4v) is 5.83. The van der Waals surface area contributed by atoms with Crippen molar-refractivity contribution in [2.45, 2.75) is 109 Å². The number of aliphatic hydroxyl groups is 1. The van der Waals surface area contributed by atoms with Crippen molar-refractivity contribution in [2.75, 3.05) is 13.1 Å². The summed E-state index contributed by atoms with van der Waals surface area (Å²) in [5, 5.41) is 21.1. The Labute approximate surface area is 220 Å². The smallest absolute Gasteiger partial charge is 0.408 e. The molecule has 1 aromatic carbocycles. The molecule has 0 bridgehead atoms. The summed E-state index contributed by atoms with van der Waals surface area (Å²) in [4.78, 5) is 45.3. The molecule has 0 saturated carbocycles. The summed E-state index contributed by atoms with van der Waals surface area (Å²) >= 11 is 0. The average Bonchev–Trinajstić information content (AvgIpc) is 3.48. The third-order valence-electron chi connectivity index (χ3n) is 7.77. The predicted molar refractivity (Wildman–Crippen MR) is 140 cm³/mol. The van der Waals surface area contributed by atoms with Gasteiger partial charge in [0.1, 0.15) is 6.04 Å². The van der Waals surface area contributed by atoms with Crippen LogP contribution < -0.4 is 0 Å². The van der Waals surface area contributed by atoms with Crippen molar-refractivity contribution in [3.8, 4) is 0 Å². The number of rotatable bonds is 8. The first kappa shape index (κ1) is 28.9. The Morgan fingerprint density at radius 2 is 1.73 bits per heavy atom. The topological polar surface area (TPSA) is 111 Å². The molecule has 5 atom stereocenters. The summed E-state index contributed by atoms with van der Waals surface area (Å²) in [6.45, 7) is 12.0. The molecule has 2 aliphatic rings. The third-order valence-corrected chi connectivity index (χ3v) is 7.77. The second kappa shape index (κ2) is 11.4. The van der Waals surface area contributed by atoms with Gasteiger partial charge in [-0.25, -0.2) is 4.79 Å². The van der Waals surface area contributed by atoms with E-state index >= 15 is 0 Å². The molecule has 0 aliphatic carbocycles. The van der Waals surface area contributed by atoms with Crippen LogP contribution in [0.15, 0.2) is 30.3 Å². The monoisotopic (exact) mass is 517 g/mol. The van der Waals surface area contributed by atoms with Gasteiger partial charge in [-0.15, -0.1) is 0 Å². The normalized spacial score (nSPS) is 24.6. The van der Waals surface area contributed by atoms with E-state index in [1.165, 1.54) is 11.8 Å². The van der Waals surface area contributed by atoms with Crippen molar-refractivity contribution >= 4 is 17.9 Å². The van der Waals surface area contributed by atoms with E-state index in [1.807, 2.05) is 51.1 Å². The number of ether oxygens (including phenoxy) is 1. The first-order chi connectivity index (χ1) is 17.3. The number of hydrogen-bond donors (Lipinski definition) is 2. The third kappa shape index (κ3) is 5.77. The molecule has 9 nitrogen and oxygen atoms in total. The maximum atomic E-state index is 14.6. The highest BCUT2D eigenvalue weighted by Crippen LogP contribution is 2.41. The summed E-state index contributed by atoms with van der Waals surface area (Å²) in [7, 11) is 0. The van der Waals surface area contributed by atoms with Gasteiger partial charge in [0.05, 0.1) is 18.8 Å². The Hall–Kier alpha value is -2.65. The van der Waals surface area contributed by atoms with Crippen molar-refractivity contribution in [2.24, 2.45) is 0 Å². The van der Waals surface area contributed by atoms with Crippen molar-refractivity contribution in [1.82, 2.24) is 14.7 Å². The van der Waals surface area contributed by atoms with Crippen LogP contribution in [0.2, 0.25) is 0 Å². The molecule has 206 valence electrons. The lowest BCUT2D eigenvalue weighted by atomic mass is 9.85. The second-order valence-electron chi connectivity index (χ2n) is 11.5. The number of nitrogens with zero attached hydrogens (tertiary/aromatic N) is 3. The van der Waals surface area contributed by atoms with E-state index in [-0.39, 0.29) is 18.9 Å². The molecule has 0 aromatic heterocycles. The van der Waals surface area contributed by atoms with Crippen molar-refractivity contribution in [3.05, 3.63) is 35.9 Å². The second-order valence-corrected chi connectivity index (χ2v) is 11.5. The lowest BCUT2D eigenvalue weighted by Crippen LogP contribution is -2.71. The molecular formula is C28H43N3O6. The quantitative estimate of drug-likeness (QED) is 0.546. The number of carbonyl (C=O) groups excluding carboxylic acids is 2. The predicted octanol–water partition coefficient (Wildman–Crippen LogP) is 3.49. The largest absolute Gasteiger partial charge is 0.465 e. The van der Waals surface area contributed by atoms with Crippen LogP contribution in [0.3, 0.4) is 0 Å². The van der Waals surface area contributed by atoms with Crippen molar-refractivity contribution < 1.29 is 29.3 Å².